The second-order valence-corrected chi connectivity index (χ2v) is 7.17. The summed E-state index contributed by atoms with van der Waals surface area (Å²) in [7, 11) is 0. The summed E-state index contributed by atoms with van der Waals surface area (Å²) in [5.41, 5.74) is 1.67. The molecule has 27 heavy (non-hydrogen) atoms. The van der Waals surface area contributed by atoms with Crippen molar-refractivity contribution in [3.05, 3.63) is 94.5 Å². The van der Waals surface area contributed by atoms with Gasteiger partial charge in [-0.1, -0.05) is 48.0 Å². The van der Waals surface area contributed by atoms with E-state index in [1.807, 2.05) is 66.7 Å². The fraction of sp³-hybridized carbons (Fsp3) is 0. The number of nitrogens with zero attached hydrogens (tertiary/aromatic N) is 3. The zero-order valence-corrected chi connectivity index (χ0v) is 15.7. The van der Waals surface area contributed by atoms with Gasteiger partial charge in [0.05, 0.1) is 10.6 Å². The maximum atomic E-state index is 13.1. The molecule has 0 N–H and O–H groups in total. The molecule has 2 aromatic carbocycles. The van der Waals surface area contributed by atoms with E-state index in [9.17, 15) is 4.79 Å². The van der Waals surface area contributed by atoms with Crippen molar-refractivity contribution in [1.82, 2.24) is 4.98 Å². The number of anilines is 1. The summed E-state index contributed by atoms with van der Waals surface area (Å²) in [5, 5.41) is 1.23. The van der Waals surface area contributed by atoms with Crippen LogP contribution in [0, 0.1) is 0 Å². The highest BCUT2D eigenvalue weighted by molar-refractivity contribution is 8.19. The molecule has 0 saturated carbocycles. The number of amides is 1. The van der Waals surface area contributed by atoms with Crippen LogP contribution in [0.3, 0.4) is 0 Å². The van der Waals surface area contributed by atoms with Crippen molar-refractivity contribution in [2.75, 3.05) is 4.90 Å². The van der Waals surface area contributed by atoms with E-state index in [2.05, 4.69) is 9.98 Å². The highest BCUT2D eigenvalue weighted by Gasteiger charge is 2.34. The first-order chi connectivity index (χ1) is 13.2. The number of pyridine rings is 1. The predicted molar refractivity (Wildman–Crippen MR) is 112 cm³/mol. The Bertz CT molecular complexity index is 1020. The van der Waals surface area contributed by atoms with Gasteiger partial charge in [-0.2, -0.15) is 0 Å². The van der Waals surface area contributed by atoms with Crippen molar-refractivity contribution in [3.63, 3.8) is 0 Å². The molecule has 132 valence electrons. The normalized spacial score (nSPS) is 17.1. The number of para-hydroxylation sites is 1. The number of carbonyl (C=O) groups excluding carboxylic acids is 1. The van der Waals surface area contributed by atoms with Crippen LogP contribution in [0.4, 0.5) is 11.5 Å². The Balaban J connectivity index is 1.76. The van der Waals surface area contributed by atoms with Crippen LogP contribution in [0.15, 0.2) is 88.9 Å². The molecule has 0 bridgehead atoms. The van der Waals surface area contributed by atoms with Gasteiger partial charge in [0, 0.05) is 11.2 Å². The fourth-order valence-electron chi connectivity index (χ4n) is 2.58. The first kappa shape index (κ1) is 17.5. The molecule has 1 saturated heterocycles. The lowest BCUT2D eigenvalue weighted by molar-refractivity contribution is -0.113. The van der Waals surface area contributed by atoms with Crippen molar-refractivity contribution >= 4 is 52.0 Å². The summed E-state index contributed by atoms with van der Waals surface area (Å²) in [6.45, 7) is 0. The van der Waals surface area contributed by atoms with Crippen LogP contribution in [0.2, 0.25) is 5.02 Å². The van der Waals surface area contributed by atoms with Crippen molar-refractivity contribution in [3.8, 4) is 0 Å². The van der Waals surface area contributed by atoms with Gasteiger partial charge in [0.25, 0.3) is 5.91 Å². The third kappa shape index (κ3) is 3.94. The number of benzene rings is 2. The molecule has 1 aromatic heterocycles. The zero-order valence-electron chi connectivity index (χ0n) is 14.1. The summed E-state index contributed by atoms with van der Waals surface area (Å²) >= 11 is 7.28. The molecule has 0 atom stereocenters. The van der Waals surface area contributed by atoms with Crippen molar-refractivity contribution in [2.45, 2.75) is 0 Å². The van der Waals surface area contributed by atoms with Gasteiger partial charge >= 0.3 is 0 Å². The topological polar surface area (TPSA) is 45.6 Å². The first-order valence-corrected chi connectivity index (χ1v) is 9.44. The third-order valence-corrected chi connectivity index (χ3v) is 5.07. The molecular weight excluding hydrogens is 378 g/mol. The van der Waals surface area contributed by atoms with E-state index < -0.39 is 0 Å². The summed E-state index contributed by atoms with van der Waals surface area (Å²) in [6.07, 6.45) is 3.53. The van der Waals surface area contributed by atoms with Gasteiger partial charge < -0.3 is 0 Å². The van der Waals surface area contributed by atoms with Gasteiger partial charge in [-0.15, -0.1) is 0 Å². The number of thioether (sulfide) groups is 1. The minimum atomic E-state index is -0.115. The van der Waals surface area contributed by atoms with Crippen LogP contribution in [0.1, 0.15) is 5.56 Å². The number of carbonyl (C=O) groups is 1. The highest BCUT2D eigenvalue weighted by Crippen LogP contribution is 2.37. The minimum absolute atomic E-state index is 0.115. The summed E-state index contributed by atoms with van der Waals surface area (Å²) in [5.74, 6) is 0.442. The smallest absolute Gasteiger partial charge is 0.268 e. The van der Waals surface area contributed by atoms with Crippen LogP contribution < -0.4 is 4.90 Å². The standard InChI is InChI=1S/C21H14ClN3OS/c22-16-11-9-15(10-12-16)14-18-20(26)25(17-6-2-1-3-7-17)21(27-18)24-19-8-4-5-13-23-19/h1-14H/b18-14-,24-21+. The number of aromatic nitrogens is 1. The predicted octanol–water partition coefficient (Wildman–Crippen LogP) is 5.54. The van der Waals surface area contributed by atoms with Gasteiger partial charge in [-0.25, -0.2) is 9.98 Å². The number of halogens is 1. The molecule has 2 heterocycles. The van der Waals surface area contributed by atoms with Crippen molar-refractivity contribution in [2.24, 2.45) is 4.99 Å². The zero-order chi connectivity index (χ0) is 18.6. The van der Waals surface area contributed by atoms with Crippen LogP contribution >= 0.6 is 23.4 Å². The van der Waals surface area contributed by atoms with Crippen molar-refractivity contribution < 1.29 is 4.79 Å². The van der Waals surface area contributed by atoms with Gasteiger partial charge in [0.1, 0.15) is 0 Å². The molecule has 1 fully saturated rings. The van der Waals surface area contributed by atoms with Crippen LogP contribution in [-0.4, -0.2) is 16.1 Å². The first-order valence-electron chi connectivity index (χ1n) is 8.25. The lowest BCUT2D eigenvalue weighted by atomic mass is 10.2. The van der Waals surface area contributed by atoms with E-state index >= 15 is 0 Å². The molecule has 1 aliphatic heterocycles. The minimum Gasteiger partial charge on any atom is -0.268 e. The van der Waals surface area contributed by atoms with Gasteiger partial charge in [-0.3, -0.25) is 9.69 Å². The molecule has 0 aliphatic carbocycles. The Morgan fingerprint density at radius 1 is 0.963 bits per heavy atom. The van der Waals surface area contributed by atoms with Crippen LogP contribution in [-0.2, 0) is 4.79 Å². The van der Waals surface area contributed by atoms with E-state index in [-0.39, 0.29) is 5.91 Å². The molecule has 6 heteroatoms. The van der Waals surface area contributed by atoms with E-state index in [1.54, 1.807) is 23.2 Å². The molecule has 3 aromatic rings. The quantitative estimate of drug-likeness (QED) is 0.550. The highest BCUT2D eigenvalue weighted by atomic mass is 35.5. The fourth-order valence-corrected chi connectivity index (χ4v) is 3.70. The monoisotopic (exact) mass is 391 g/mol. The number of aliphatic imine (C=N–C) groups is 1. The molecule has 1 amide bonds. The molecule has 1 aliphatic rings. The molecule has 0 spiro atoms. The number of rotatable bonds is 3. The Morgan fingerprint density at radius 2 is 1.70 bits per heavy atom. The second-order valence-electron chi connectivity index (χ2n) is 5.72. The van der Waals surface area contributed by atoms with E-state index in [0.29, 0.717) is 20.9 Å². The molecular formula is C21H14ClN3OS. The van der Waals surface area contributed by atoms with Gasteiger partial charge in [0.2, 0.25) is 0 Å². The number of hydrogen-bond acceptors (Lipinski definition) is 4. The maximum absolute atomic E-state index is 13.1. The molecule has 4 rings (SSSR count). The van der Waals surface area contributed by atoms with E-state index in [0.717, 1.165) is 11.3 Å². The Labute approximate surface area is 166 Å². The molecule has 0 radical (unpaired) electrons. The summed E-state index contributed by atoms with van der Waals surface area (Å²) < 4.78 is 0. The third-order valence-electron chi connectivity index (χ3n) is 3.85. The van der Waals surface area contributed by atoms with E-state index in [1.165, 1.54) is 11.8 Å². The van der Waals surface area contributed by atoms with E-state index in [4.69, 9.17) is 11.6 Å². The summed E-state index contributed by atoms with van der Waals surface area (Å²) in [6, 6.07) is 22.3. The SMILES string of the molecule is O=C1/C(=C/c2ccc(Cl)cc2)S/C(=N/c2ccccn2)N1c1ccccc1. The lowest BCUT2D eigenvalue weighted by Crippen LogP contribution is -2.28. The van der Waals surface area contributed by atoms with Crippen LogP contribution in [0.25, 0.3) is 6.08 Å². The number of hydrogen-bond donors (Lipinski definition) is 0. The Hall–Kier alpha value is -2.89. The number of amidine groups is 1. The summed E-state index contributed by atoms with van der Waals surface area (Å²) in [4.78, 5) is 24.1. The largest absolute Gasteiger partial charge is 0.271 e. The maximum Gasteiger partial charge on any atom is 0.271 e. The lowest BCUT2D eigenvalue weighted by Gasteiger charge is -2.15. The van der Waals surface area contributed by atoms with Crippen LogP contribution in [0.5, 0.6) is 0 Å². The van der Waals surface area contributed by atoms with Gasteiger partial charge in [0.15, 0.2) is 11.0 Å². The Morgan fingerprint density at radius 3 is 2.41 bits per heavy atom. The molecule has 0 unspecified atom stereocenters. The average molecular weight is 392 g/mol. The molecule has 4 nitrogen and oxygen atoms in total. The second kappa shape index (κ2) is 7.78. The Kier molecular flexibility index (Phi) is 5.05. The average Bonchev–Trinajstić information content (AvgIpc) is 3.00. The van der Waals surface area contributed by atoms with Crippen molar-refractivity contribution in [1.29, 1.82) is 0 Å². The van der Waals surface area contributed by atoms with Gasteiger partial charge in [-0.05, 0) is 59.8 Å².